The van der Waals surface area contributed by atoms with Crippen LogP contribution in [-0.2, 0) is 10.2 Å². The van der Waals surface area contributed by atoms with Crippen molar-refractivity contribution >= 4 is 23.2 Å². The van der Waals surface area contributed by atoms with E-state index in [1.807, 2.05) is 0 Å². The fourth-order valence-corrected chi connectivity index (χ4v) is 2.20. The smallest absolute Gasteiger partial charge is 0.235 e. The number of rotatable bonds is 0. The van der Waals surface area contributed by atoms with Gasteiger partial charge in [0.1, 0.15) is 5.82 Å². The first-order valence-corrected chi connectivity index (χ1v) is 4.82. The van der Waals surface area contributed by atoms with E-state index in [0.717, 1.165) is 18.4 Å². The van der Waals surface area contributed by atoms with Crippen molar-refractivity contribution in [3.05, 3.63) is 28.5 Å². The summed E-state index contributed by atoms with van der Waals surface area (Å²) in [5.41, 5.74) is 1.00. The monoisotopic (exact) mass is 211 g/mol. The Morgan fingerprint density at radius 3 is 2.79 bits per heavy atom. The Balaban J connectivity index is 2.24. The molecule has 1 heterocycles. The van der Waals surface area contributed by atoms with Crippen molar-refractivity contribution in [3.63, 3.8) is 0 Å². The van der Waals surface area contributed by atoms with Gasteiger partial charge in [-0.15, -0.1) is 0 Å². The van der Waals surface area contributed by atoms with Crippen molar-refractivity contribution in [2.24, 2.45) is 0 Å². The molecule has 72 valence electrons. The van der Waals surface area contributed by atoms with Crippen LogP contribution in [0.4, 0.5) is 10.1 Å². The van der Waals surface area contributed by atoms with Crippen LogP contribution in [0.2, 0.25) is 5.02 Å². The molecule has 0 saturated heterocycles. The topological polar surface area (TPSA) is 29.1 Å². The lowest BCUT2D eigenvalue weighted by molar-refractivity contribution is -0.117. The number of nitrogens with one attached hydrogen (secondary N) is 1. The van der Waals surface area contributed by atoms with Crippen LogP contribution in [0.1, 0.15) is 18.4 Å². The molecule has 14 heavy (non-hydrogen) atoms. The molecule has 0 aromatic heterocycles. The standard InChI is InChI=1S/C10H7ClFNO/c11-6-4-8-5(3-7(6)12)10(1-2-10)9(14)13-8/h3-4H,1-2H2,(H,13,14). The van der Waals surface area contributed by atoms with Crippen molar-refractivity contribution in [2.75, 3.05) is 5.32 Å². The first-order chi connectivity index (χ1) is 6.63. The summed E-state index contributed by atoms with van der Waals surface area (Å²) < 4.78 is 13.2. The van der Waals surface area contributed by atoms with Gasteiger partial charge in [0.05, 0.1) is 10.4 Å². The predicted molar refractivity (Wildman–Crippen MR) is 51.0 cm³/mol. The SMILES string of the molecule is O=C1Nc2cc(Cl)c(F)cc2C12CC2. The van der Waals surface area contributed by atoms with Crippen molar-refractivity contribution in [1.82, 2.24) is 0 Å². The maximum atomic E-state index is 13.2. The third-order valence-corrected chi connectivity index (χ3v) is 3.30. The van der Waals surface area contributed by atoms with E-state index in [4.69, 9.17) is 11.6 Å². The molecule has 1 amide bonds. The summed E-state index contributed by atoms with van der Waals surface area (Å²) in [6.45, 7) is 0. The van der Waals surface area contributed by atoms with E-state index >= 15 is 0 Å². The highest BCUT2D eigenvalue weighted by Crippen LogP contribution is 2.55. The van der Waals surface area contributed by atoms with Crippen LogP contribution < -0.4 is 5.32 Å². The molecule has 1 aliphatic heterocycles. The Kier molecular flexibility index (Phi) is 1.34. The van der Waals surface area contributed by atoms with Crippen molar-refractivity contribution in [3.8, 4) is 0 Å². The van der Waals surface area contributed by atoms with Gasteiger partial charge < -0.3 is 5.32 Å². The lowest BCUT2D eigenvalue weighted by Gasteiger charge is -2.04. The largest absolute Gasteiger partial charge is 0.325 e. The first-order valence-electron chi connectivity index (χ1n) is 4.44. The normalized spacial score (nSPS) is 20.9. The van der Waals surface area contributed by atoms with E-state index in [2.05, 4.69) is 5.32 Å². The van der Waals surface area contributed by atoms with Crippen LogP contribution in [0.3, 0.4) is 0 Å². The van der Waals surface area contributed by atoms with Crippen LogP contribution >= 0.6 is 11.6 Å². The quantitative estimate of drug-likeness (QED) is 0.702. The van der Waals surface area contributed by atoms with Gasteiger partial charge in [0.15, 0.2) is 0 Å². The first kappa shape index (κ1) is 8.24. The minimum absolute atomic E-state index is 0.0193. The third-order valence-electron chi connectivity index (χ3n) is 3.01. The molecule has 1 aromatic carbocycles. The Hall–Kier alpha value is -1.09. The maximum absolute atomic E-state index is 13.2. The number of hydrogen-bond donors (Lipinski definition) is 1. The van der Waals surface area contributed by atoms with Crippen LogP contribution in [0.15, 0.2) is 12.1 Å². The molecule has 0 radical (unpaired) electrons. The van der Waals surface area contributed by atoms with Gasteiger partial charge in [-0.2, -0.15) is 0 Å². The average Bonchev–Trinajstić information content (AvgIpc) is 2.87. The number of anilines is 1. The average molecular weight is 212 g/mol. The Labute approximate surface area is 85.1 Å². The second-order valence-electron chi connectivity index (χ2n) is 3.85. The van der Waals surface area contributed by atoms with Crippen LogP contribution in [0, 0.1) is 5.82 Å². The number of amides is 1. The van der Waals surface area contributed by atoms with Crippen molar-refractivity contribution < 1.29 is 9.18 Å². The van der Waals surface area contributed by atoms with Gasteiger partial charge in [-0.1, -0.05) is 11.6 Å². The van der Waals surface area contributed by atoms with Gasteiger partial charge >= 0.3 is 0 Å². The van der Waals surface area contributed by atoms with E-state index < -0.39 is 11.2 Å². The minimum atomic E-state index is -0.451. The predicted octanol–water partition coefficient (Wildman–Crippen LogP) is 2.46. The number of hydrogen-bond acceptors (Lipinski definition) is 1. The minimum Gasteiger partial charge on any atom is -0.325 e. The van der Waals surface area contributed by atoms with Gasteiger partial charge in [-0.3, -0.25) is 4.79 Å². The molecular formula is C10H7ClFNO. The highest BCUT2D eigenvalue weighted by molar-refractivity contribution is 6.31. The summed E-state index contributed by atoms with van der Waals surface area (Å²) in [7, 11) is 0. The molecule has 0 bridgehead atoms. The lowest BCUT2D eigenvalue weighted by atomic mass is 9.98. The van der Waals surface area contributed by atoms with Gasteiger partial charge in [0.25, 0.3) is 0 Å². The molecule has 1 saturated carbocycles. The Bertz CT molecular complexity index is 454. The van der Waals surface area contributed by atoms with Gasteiger partial charge in [-0.05, 0) is 30.5 Å². The molecule has 1 aromatic rings. The lowest BCUT2D eigenvalue weighted by Crippen LogP contribution is -2.18. The number of carbonyl (C=O) groups excluding carboxylic acids is 1. The molecule has 1 fully saturated rings. The zero-order valence-corrected chi connectivity index (χ0v) is 7.99. The second-order valence-corrected chi connectivity index (χ2v) is 4.26. The number of halogens is 2. The fourth-order valence-electron chi connectivity index (χ4n) is 2.03. The second kappa shape index (κ2) is 2.28. The molecule has 0 unspecified atom stereocenters. The zero-order valence-electron chi connectivity index (χ0n) is 7.23. The summed E-state index contributed by atoms with van der Waals surface area (Å²) in [4.78, 5) is 11.6. The number of benzene rings is 1. The summed E-state index contributed by atoms with van der Waals surface area (Å²) in [6.07, 6.45) is 1.62. The summed E-state index contributed by atoms with van der Waals surface area (Å²) in [5.74, 6) is -0.470. The van der Waals surface area contributed by atoms with Crippen LogP contribution in [0.5, 0.6) is 0 Å². The third kappa shape index (κ3) is 0.831. The van der Waals surface area contributed by atoms with E-state index in [-0.39, 0.29) is 10.9 Å². The van der Waals surface area contributed by atoms with Crippen LogP contribution in [0.25, 0.3) is 0 Å². The summed E-state index contributed by atoms with van der Waals surface area (Å²) >= 11 is 5.63. The highest BCUT2D eigenvalue weighted by atomic mass is 35.5. The summed E-state index contributed by atoms with van der Waals surface area (Å²) in [5, 5.41) is 2.79. The summed E-state index contributed by atoms with van der Waals surface area (Å²) in [6, 6.07) is 2.86. The molecule has 1 aliphatic carbocycles. The van der Waals surface area contributed by atoms with Crippen molar-refractivity contribution in [2.45, 2.75) is 18.3 Å². The van der Waals surface area contributed by atoms with E-state index in [1.165, 1.54) is 12.1 Å². The van der Waals surface area contributed by atoms with E-state index in [0.29, 0.717) is 5.69 Å². The van der Waals surface area contributed by atoms with E-state index in [1.54, 1.807) is 0 Å². The van der Waals surface area contributed by atoms with E-state index in [9.17, 15) is 9.18 Å². The fraction of sp³-hybridized carbons (Fsp3) is 0.300. The number of carbonyl (C=O) groups is 1. The zero-order chi connectivity index (χ0) is 9.92. The molecular weight excluding hydrogens is 205 g/mol. The highest BCUT2D eigenvalue weighted by Gasteiger charge is 2.56. The molecule has 1 spiro atoms. The van der Waals surface area contributed by atoms with Crippen LogP contribution in [-0.4, -0.2) is 5.91 Å². The number of fused-ring (bicyclic) bond motifs is 2. The van der Waals surface area contributed by atoms with Gasteiger partial charge in [0.2, 0.25) is 5.91 Å². The molecule has 1 N–H and O–H groups in total. The van der Waals surface area contributed by atoms with Gasteiger partial charge in [-0.25, -0.2) is 4.39 Å². The molecule has 3 rings (SSSR count). The molecule has 2 nitrogen and oxygen atoms in total. The van der Waals surface area contributed by atoms with Gasteiger partial charge in [0, 0.05) is 5.69 Å². The Morgan fingerprint density at radius 1 is 1.43 bits per heavy atom. The van der Waals surface area contributed by atoms with Crippen molar-refractivity contribution in [1.29, 1.82) is 0 Å². The Morgan fingerprint density at radius 2 is 2.14 bits per heavy atom. The molecule has 4 heteroatoms. The molecule has 0 atom stereocenters. The maximum Gasteiger partial charge on any atom is 0.235 e. The molecule has 2 aliphatic rings.